The number of hydrogen-bond donors (Lipinski definition) is 1. The Labute approximate surface area is 127 Å². The van der Waals surface area contributed by atoms with E-state index in [1.807, 2.05) is 0 Å². The van der Waals surface area contributed by atoms with E-state index in [0.29, 0.717) is 10.7 Å². The smallest absolute Gasteiger partial charge is 0.197 e. The number of benzene rings is 1. The fourth-order valence-corrected chi connectivity index (χ4v) is 2.84. The highest BCUT2D eigenvalue weighted by Crippen LogP contribution is 2.17. The summed E-state index contributed by atoms with van der Waals surface area (Å²) in [6.45, 7) is 0. The third-order valence-corrected chi connectivity index (χ3v) is 4.33. The minimum Gasteiger partial charge on any atom is -0.468 e. The van der Waals surface area contributed by atoms with E-state index in [-0.39, 0.29) is 16.4 Å². The van der Waals surface area contributed by atoms with Gasteiger partial charge in [-0.3, -0.25) is 0 Å². The summed E-state index contributed by atoms with van der Waals surface area (Å²) in [5.41, 5.74) is 0.587. The molecule has 0 atom stereocenters. The molecule has 0 fully saturated rings. The van der Waals surface area contributed by atoms with E-state index >= 15 is 0 Å². The minimum absolute atomic E-state index is 0.277. The molecular formula is C14H11ClN2O3S. The van der Waals surface area contributed by atoms with Crippen LogP contribution in [0.2, 0.25) is 5.02 Å². The van der Waals surface area contributed by atoms with Gasteiger partial charge >= 0.3 is 0 Å². The number of rotatable bonds is 5. The number of nitrogens with zero attached hydrogens (tertiary/aromatic N) is 1. The molecule has 21 heavy (non-hydrogen) atoms. The van der Waals surface area contributed by atoms with Crippen LogP contribution in [0.4, 0.5) is 5.69 Å². The van der Waals surface area contributed by atoms with Gasteiger partial charge in [0.1, 0.15) is 17.6 Å². The molecule has 2 aromatic rings. The first kappa shape index (κ1) is 15.2. The van der Waals surface area contributed by atoms with Gasteiger partial charge in [-0.15, -0.1) is 0 Å². The normalized spacial score (nSPS) is 11.9. The molecule has 0 aliphatic heterocycles. The zero-order valence-corrected chi connectivity index (χ0v) is 12.4. The minimum atomic E-state index is -3.76. The van der Waals surface area contributed by atoms with Crippen LogP contribution < -0.4 is 5.32 Å². The maximum absolute atomic E-state index is 12.1. The van der Waals surface area contributed by atoms with Crippen molar-refractivity contribution < 1.29 is 12.8 Å². The van der Waals surface area contributed by atoms with Crippen molar-refractivity contribution in [3.8, 4) is 6.07 Å². The van der Waals surface area contributed by atoms with Gasteiger partial charge in [0.2, 0.25) is 0 Å². The van der Waals surface area contributed by atoms with Crippen LogP contribution in [0.5, 0.6) is 0 Å². The van der Waals surface area contributed by atoms with E-state index in [4.69, 9.17) is 21.3 Å². The summed E-state index contributed by atoms with van der Waals surface area (Å²) in [6, 6.07) is 11.5. The highest BCUT2D eigenvalue weighted by atomic mass is 35.5. The molecule has 0 unspecified atom stereocenters. The molecule has 0 bridgehead atoms. The molecule has 5 nitrogen and oxygen atoms in total. The van der Waals surface area contributed by atoms with Crippen LogP contribution in [-0.2, 0) is 15.6 Å². The fourth-order valence-electron chi connectivity index (χ4n) is 1.58. The number of nitriles is 1. The van der Waals surface area contributed by atoms with E-state index in [1.54, 1.807) is 36.4 Å². The molecule has 0 amide bonds. The van der Waals surface area contributed by atoms with Crippen molar-refractivity contribution in [1.82, 2.24) is 0 Å². The lowest BCUT2D eigenvalue weighted by Crippen LogP contribution is -2.07. The van der Waals surface area contributed by atoms with Gasteiger partial charge < -0.3 is 9.73 Å². The fraction of sp³-hybridized carbons (Fsp3) is 0.0714. The Bertz CT molecular complexity index is 790. The average molecular weight is 323 g/mol. The lowest BCUT2D eigenvalue weighted by atomic mass is 10.3. The summed E-state index contributed by atoms with van der Waals surface area (Å²) in [6.07, 6.45) is 2.52. The molecule has 108 valence electrons. The summed E-state index contributed by atoms with van der Waals surface area (Å²) >= 11 is 5.82. The highest BCUT2D eigenvalue weighted by Gasteiger charge is 2.20. The zero-order valence-electron chi connectivity index (χ0n) is 10.8. The quantitative estimate of drug-likeness (QED) is 0.854. The second kappa shape index (κ2) is 6.48. The topological polar surface area (TPSA) is 83.1 Å². The second-order valence-corrected chi connectivity index (χ2v) is 6.51. The van der Waals surface area contributed by atoms with Gasteiger partial charge in [-0.25, -0.2) is 8.42 Å². The van der Waals surface area contributed by atoms with Crippen LogP contribution in [0.3, 0.4) is 0 Å². The number of hydrogen-bond acceptors (Lipinski definition) is 5. The molecule has 0 saturated carbocycles. The van der Waals surface area contributed by atoms with E-state index in [0.717, 1.165) is 6.20 Å². The first-order valence-corrected chi connectivity index (χ1v) is 7.92. The van der Waals surface area contributed by atoms with Crippen molar-refractivity contribution in [1.29, 1.82) is 5.26 Å². The summed E-state index contributed by atoms with van der Waals surface area (Å²) < 4.78 is 29.2. The molecule has 1 aromatic carbocycles. The Hall–Kier alpha value is -2.23. The van der Waals surface area contributed by atoms with Crippen molar-refractivity contribution in [3.05, 3.63) is 64.5 Å². The maximum atomic E-state index is 12.1. The third-order valence-electron chi connectivity index (χ3n) is 2.55. The number of sulfone groups is 1. The van der Waals surface area contributed by atoms with Crippen molar-refractivity contribution in [2.24, 2.45) is 0 Å². The summed E-state index contributed by atoms with van der Waals surface area (Å²) in [5, 5.41) is 12.3. The predicted octanol–water partition coefficient (Wildman–Crippen LogP) is 3.32. The molecule has 0 aliphatic rings. The average Bonchev–Trinajstić information content (AvgIpc) is 2.91. The molecule has 1 aromatic heterocycles. The highest BCUT2D eigenvalue weighted by molar-refractivity contribution is 7.94. The third kappa shape index (κ3) is 4.12. The van der Waals surface area contributed by atoms with Gasteiger partial charge in [0.15, 0.2) is 14.7 Å². The number of furan rings is 1. The molecule has 2 rings (SSSR count). The van der Waals surface area contributed by atoms with Crippen molar-refractivity contribution in [2.75, 3.05) is 5.32 Å². The number of nitrogens with one attached hydrogen (secondary N) is 1. The number of anilines is 1. The van der Waals surface area contributed by atoms with Gasteiger partial charge in [0.25, 0.3) is 0 Å². The van der Waals surface area contributed by atoms with Crippen LogP contribution in [0.15, 0.2) is 58.2 Å². The predicted molar refractivity (Wildman–Crippen MR) is 80.1 cm³/mol. The lowest BCUT2D eigenvalue weighted by Gasteiger charge is -2.03. The molecule has 0 radical (unpaired) electrons. The molecule has 0 saturated heterocycles. The van der Waals surface area contributed by atoms with Gasteiger partial charge in [0, 0.05) is 16.9 Å². The number of allylic oxidation sites excluding steroid dienone is 1. The number of halogens is 1. The van der Waals surface area contributed by atoms with Crippen LogP contribution in [0.1, 0.15) is 5.76 Å². The van der Waals surface area contributed by atoms with E-state index in [2.05, 4.69) is 5.32 Å². The van der Waals surface area contributed by atoms with Gasteiger partial charge in [-0.05, 0) is 30.3 Å². The molecule has 7 heteroatoms. The van der Waals surface area contributed by atoms with E-state index in [9.17, 15) is 8.42 Å². The van der Waals surface area contributed by atoms with Crippen molar-refractivity contribution >= 4 is 27.1 Å². The summed E-state index contributed by atoms with van der Waals surface area (Å²) in [7, 11) is -3.76. The molecule has 1 heterocycles. The molecule has 1 N–H and O–H groups in total. The van der Waals surface area contributed by atoms with Crippen LogP contribution in [-0.4, -0.2) is 8.42 Å². The van der Waals surface area contributed by atoms with Crippen molar-refractivity contribution in [3.63, 3.8) is 0 Å². The summed E-state index contributed by atoms with van der Waals surface area (Å²) in [5.74, 6) is -0.0877. The van der Waals surface area contributed by atoms with Crippen LogP contribution >= 0.6 is 11.6 Å². The molecular weight excluding hydrogens is 312 g/mol. The van der Waals surface area contributed by atoms with E-state index < -0.39 is 9.84 Å². The Kier molecular flexibility index (Phi) is 4.68. The summed E-state index contributed by atoms with van der Waals surface area (Å²) in [4.78, 5) is -0.376. The zero-order chi connectivity index (χ0) is 15.3. The Morgan fingerprint density at radius 3 is 2.81 bits per heavy atom. The Morgan fingerprint density at radius 1 is 1.38 bits per heavy atom. The standard InChI is InChI=1S/C14H11ClN2O3S/c15-11-3-1-4-12(7-11)17-9-14(8-16)21(18,19)10-13-5-2-6-20-13/h1-7,9,17H,10H2. The molecule has 0 aliphatic carbocycles. The first-order valence-electron chi connectivity index (χ1n) is 5.89. The van der Waals surface area contributed by atoms with Crippen LogP contribution in [0, 0.1) is 11.3 Å². The Morgan fingerprint density at radius 2 is 2.19 bits per heavy atom. The van der Waals surface area contributed by atoms with Crippen LogP contribution in [0.25, 0.3) is 0 Å². The first-order chi connectivity index (χ1) is 10.0. The monoisotopic (exact) mass is 322 g/mol. The van der Waals surface area contributed by atoms with E-state index in [1.165, 1.54) is 12.3 Å². The van der Waals surface area contributed by atoms with Crippen molar-refractivity contribution in [2.45, 2.75) is 5.75 Å². The Balaban J connectivity index is 2.19. The van der Waals surface area contributed by atoms with Gasteiger partial charge in [-0.1, -0.05) is 17.7 Å². The van der Waals surface area contributed by atoms with Gasteiger partial charge in [-0.2, -0.15) is 5.26 Å². The largest absolute Gasteiger partial charge is 0.468 e. The van der Waals surface area contributed by atoms with Gasteiger partial charge in [0.05, 0.1) is 6.26 Å². The lowest BCUT2D eigenvalue weighted by molar-refractivity contribution is 0.522. The molecule has 0 spiro atoms. The SMILES string of the molecule is N#CC(=CNc1cccc(Cl)c1)S(=O)(=O)Cc1ccco1. The second-order valence-electron chi connectivity index (χ2n) is 4.11. The maximum Gasteiger partial charge on any atom is 0.197 e.